The van der Waals surface area contributed by atoms with Crippen LogP contribution in [0.4, 0.5) is 4.39 Å². The molecule has 20 heavy (non-hydrogen) atoms. The van der Waals surface area contributed by atoms with Crippen LogP contribution in [-0.4, -0.2) is 48.6 Å². The molecular formula is C13H14FNO3S2. The molecule has 2 heterocycles. The van der Waals surface area contributed by atoms with Gasteiger partial charge in [0.25, 0.3) is 0 Å². The van der Waals surface area contributed by atoms with Gasteiger partial charge in [0.15, 0.2) is 9.84 Å². The second kappa shape index (κ2) is 5.04. The number of amides is 1. The van der Waals surface area contributed by atoms with Crippen LogP contribution in [-0.2, 0) is 14.6 Å². The summed E-state index contributed by atoms with van der Waals surface area (Å²) in [4.78, 5) is 14.6. The fourth-order valence-electron chi connectivity index (χ4n) is 2.76. The predicted octanol–water partition coefficient (Wildman–Crippen LogP) is 1.32. The molecule has 1 aromatic rings. The highest BCUT2D eigenvalue weighted by Crippen LogP contribution is 2.33. The molecule has 0 radical (unpaired) electrons. The minimum atomic E-state index is -2.97. The number of benzene rings is 1. The van der Waals surface area contributed by atoms with Crippen molar-refractivity contribution < 1.29 is 17.6 Å². The number of likely N-dealkylation sites (tertiary alicyclic amines) is 1. The molecule has 2 atom stereocenters. The second-order valence-electron chi connectivity index (χ2n) is 5.13. The Morgan fingerprint density at radius 3 is 2.60 bits per heavy atom. The van der Waals surface area contributed by atoms with Gasteiger partial charge in [-0.15, -0.1) is 11.8 Å². The van der Waals surface area contributed by atoms with Gasteiger partial charge in [-0.05, 0) is 30.7 Å². The van der Waals surface area contributed by atoms with Crippen molar-refractivity contribution in [2.45, 2.75) is 22.6 Å². The van der Waals surface area contributed by atoms with Gasteiger partial charge >= 0.3 is 0 Å². The quantitative estimate of drug-likeness (QED) is 0.789. The Morgan fingerprint density at radius 1 is 1.35 bits per heavy atom. The molecule has 0 saturated carbocycles. The van der Waals surface area contributed by atoms with E-state index in [1.165, 1.54) is 23.9 Å². The van der Waals surface area contributed by atoms with Crippen molar-refractivity contribution in [3.05, 3.63) is 30.1 Å². The van der Waals surface area contributed by atoms with E-state index in [-0.39, 0.29) is 34.5 Å². The first-order chi connectivity index (χ1) is 9.45. The van der Waals surface area contributed by atoms with Crippen LogP contribution in [0.3, 0.4) is 0 Å². The molecule has 2 unspecified atom stereocenters. The molecule has 2 aliphatic heterocycles. The van der Waals surface area contributed by atoms with E-state index >= 15 is 0 Å². The van der Waals surface area contributed by atoms with Crippen molar-refractivity contribution in [2.24, 2.45) is 0 Å². The molecular weight excluding hydrogens is 301 g/mol. The van der Waals surface area contributed by atoms with Crippen molar-refractivity contribution in [3.8, 4) is 0 Å². The zero-order valence-corrected chi connectivity index (χ0v) is 12.3. The first-order valence-electron chi connectivity index (χ1n) is 6.35. The van der Waals surface area contributed by atoms with Gasteiger partial charge in [-0.3, -0.25) is 4.79 Å². The maximum absolute atomic E-state index is 12.8. The molecule has 2 aliphatic rings. The molecule has 3 rings (SSSR count). The summed E-state index contributed by atoms with van der Waals surface area (Å²) in [6.45, 7) is 0.329. The molecule has 2 saturated heterocycles. The van der Waals surface area contributed by atoms with E-state index in [9.17, 15) is 17.6 Å². The third kappa shape index (κ3) is 2.56. The number of carbonyl (C=O) groups excluding carboxylic acids is 1. The second-order valence-corrected chi connectivity index (χ2v) is 8.50. The zero-order valence-electron chi connectivity index (χ0n) is 10.7. The number of fused-ring (bicyclic) bond motifs is 2. The first kappa shape index (κ1) is 13.9. The molecule has 4 nitrogen and oxygen atoms in total. The van der Waals surface area contributed by atoms with E-state index < -0.39 is 9.84 Å². The highest BCUT2D eigenvalue weighted by Gasteiger charge is 2.49. The van der Waals surface area contributed by atoms with Gasteiger partial charge in [0.2, 0.25) is 5.91 Å². The highest BCUT2D eigenvalue weighted by molar-refractivity contribution is 8.00. The van der Waals surface area contributed by atoms with Crippen LogP contribution in [0.1, 0.15) is 6.42 Å². The van der Waals surface area contributed by atoms with Crippen LogP contribution in [0, 0.1) is 5.82 Å². The lowest BCUT2D eigenvalue weighted by atomic mass is 10.2. The summed E-state index contributed by atoms with van der Waals surface area (Å²) < 4.78 is 36.0. The Kier molecular flexibility index (Phi) is 3.50. The first-order valence-corrected chi connectivity index (χ1v) is 9.05. The fraction of sp³-hybridized carbons (Fsp3) is 0.462. The Bertz CT molecular complexity index is 630. The minimum absolute atomic E-state index is 0.0401. The molecule has 0 N–H and O–H groups in total. The lowest BCUT2D eigenvalue weighted by Crippen LogP contribution is -2.44. The van der Waals surface area contributed by atoms with Gasteiger partial charge in [0.1, 0.15) is 5.82 Å². The van der Waals surface area contributed by atoms with E-state index in [1.54, 1.807) is 17.0 Å². The van der Waals surface area contributed by atoms with Crippen molar-refractivity contribution in [1.82, 2.24) is 4.90 Å². The average Bonchev–Trinajstić information content (AvgIpc) is 2.93. The number of hydrogen-bond donors (Lipinski definition) is 0. The topological polar surface area (TPSA) is 54.5 Å². The summed E-state index contributed by atoms with van der Waals surface area (Å²) in [6.07, 6.45) is 0.579. The summed E-state index contributed by atoms with van der Waals surface area (Å²) in [7, 11) is -2.97. The van der Waals surface area contributed by atoms with E-state index in [1.807, 2.05) is 0 Å². The van der Waals surface area contributed by atoms with Crippen molar-refractivity contribution >= 4 is 27.5 Å². The number of nitrogens with zero attached hydrogens (tertiary/aromatic N) is 1. The van der Waals surface area contributed by atoms with Crippen molar-refractivity contribution in [1.29, 1.82) is 0 Å². The van der Waals surface area contributed by atoms with Crippen LogP contribution >= 0.6 is 11.8 Å². The number of carbonyl (C=O) groups is 1. The largest absolute Gasteiger partial charge is 0.337 e. The molecule has 1 amide bonds. The molecule has 0 aromatic heterocycles. The molecule has 2 fully saturated rings. The summed E-state index contributed by atoms with van der Waals surface area (Å²) in [6, 6.07) is 5.84. The standard InChI is InChI=1S/C13H14FNO3S2/c14-9-1-3-11(4-2-9)19-7-13(16)15-6-12-5-10(15)8-20(12,17)18/h1-4,10,12H,5-8H2. The molecule has 1 aromatic carbocycles. The fourth-order valence-corrected chi connectivity index (χ4v) is 5.57. The molecule has 0 aliphatic carbocycles. The normalized spacial score (nSPS) is 26.9. The number of thioether (sulfide) groups is 1. The molecule has 2 bridgehead atoms. The lowest BCUT2D eigenvalue weighted by Gasteiger charge is -2.26. The summed E-state index contributed by atoms with van der Waals surface area (Å²) in [5.74, 6) is 0.0175. The van der Waals surface area contributed by atoms with Gasteiger partial charge in [0, 0.05) is 17.5 Å². The summed E-state index contributed by atoms with van der Waals surface area (Å²) in [5.41, 5.74) is 0. The van der Waals surface area contributed by atoms with E-state index in [2.05, 4.69) is 0 Å². The number of hydrogen-bond acceptors (Lipinski definition) is 4. The lowest BCUT2D eigenvalue weighted by molar-refractivity contribution is -0.128. The molecule has 0 spiro atoms. The summed E-state index contributed by atoms with van der Waals surface area (Å²) >= 11 is 1.34. The third-order valence-corrected chi connectivity index (χ3v) is 7.01. The van der Waals surface area contributed by atoms with Gasteiger partial charge in [-0.25, -0.2) is 12.8 Å². The van der Waals surface area contributed by atoms with Gasteiger partial charge in [-0.2, -0.15) is 0 Å². The van der Waals surface area contributed by atoms with Crippen LogP contribution < -0.4 is 0 Å². The number of rotatable bonds is 3. The van der Waals surface area contributed by atoms with Crippen molar-refractivity contribution in [3.63, 3.8) is 0 Å². The van der Waals surface area contributed by atoms with E-state index in [4.69, 9.17) is 0 Å². The smallest absolute Gasteiger partial charge is 0.233 e. The van der Waals surface area contributed by atoms with Crippen LogP contribution in [0.5, 0.6) is 0 Å². The minimum Gasteiger partial charge on any atom is -0.337 e. The third-order valence-electron chi connectivity index (χ3n) is 3.80. The van der Waals surface area contributed by atoms with Crippen LogP contribution in [0.25, 0.3) is 0 Å². The highest BCUT2D eigenvalue weighted by atomic mass is 32.2. The summed E-state index contributed by atoms with van der Waals surface area (Å²) in [5, 5.41) is -0.368. The Labute approximate surface area is 121 Å². The monoisotopic (exact) mass is 315 g/mol. The van der Waals surface area contributed by atoms with E-state index in [0.717, 1.165) is 4.90 Å². The maximum Gasteiger partial charge on any atom is 0.233 e. The molecule has 7 heteroatoms. The van der Waals surface area contributed by atoms with E-state index in [0.29, 0.717) is 13.0 Å². The van der Waals surface area contributed by atoms with Gasteiger partial charge in [-0.1, -0.05) is 0 Å². The Hall–Kier alpha value is -1.08. The predicted molar refractivity (Wildman–Crippen MR) is 74.8 cm³/mol. The number of halogens is 1. The number of sulfone groups is 1. The zero-order chi connectivity index (χ0) is 14.3. The van der Waals surface area contributed by atoms with Crippen LogP contribution in [0.15, 0.2) is 29.2 Å². The van der Waals surface area contributed by atoms with Crippen LogP contribution in [0.2, 0.25) is 0 Å². The SMILES string of the molecule is O=C(CSc1ccc(F)cc1)N1CC2CC1CS2(=O)=O. The maximum atomic E-state index is 12.8. The molecule has 108 valence electrons. The van der Waals surface area contributed by atoms with Gasteiger partial charge < -0.3 is 4.90 Å². The van der Waals surface area contributed by atoms with Crippen molar-refractivity contribution in [2.75, 3.05) is 18.1 Å². The van der Waals surface area contributed by atoms with Gasteiger partial charge in [0.05, 0.1) is 16.8 Å². The Morgan fingerprint density at radius 2 is 2.05 bits per heavy atom. The Balaban J connectivity index is 1.58. The average molecular weight is 315 g/mol.